The fourth-order valence-electron chi connectivity index (χ4n) is 2.61. The smallest absolute Gasteiger partial charge is 0.208 e. The van der Waals surface area contributed by atoms with Gasteiger partial charge in [-0.25, -0.2) is 0 Å². The maximum atomic E-state index is 11.5. The molecule has 0 aliphatic carbocycles. The molecular weight excluding hydrogens is 378 g/mol. The molecule has 3 aromatic rings. The van der Waals surface area contributed by atoms with Crippen LogP contribution < -0.4 is 30.1 Å². The Hall–Kier alpha value is -3.75. The number of carbonyl (C=O) groups excluding carboxylic acids is 1. The third-order valence-corrected chi connectivity index (χ3v) is 4.10. The molecule has 0 saturated heterocycles. The summed E-state index contributed by atoms with van der Waals surface area (Å²) in [5.74, 6) is 2.24. The predicted molar refractivity (Wildman–Crippen MR) is 109 cm³/mol. The van der Waals surface area contributed by atoms with Gasteiger partial charge in [0.25, 0.3) is 0 Å². The number of carbonyl (C=O) groups is 1. The van der Waals surface area contributed by atoms with E-state index < -0.39 is 0 Å². The molecule has 0 aliphatic rings. The number of hydrogen-bond donors (Lipinski definition) is 2. The highest BCUT2D eigenvalue weighted by atomic mass is 16.5. The summed E-state index contributed by atoms with van der Waals surface area (Å²) < 4.78 is 20.3. The second-order valence-electron chi connectivity index (χ2n) is 5.76. The zero-order chi connectivity index (χ0) is 21.4. The highest BCUT2D eigenvalue weighted by Gasteiger charge is 2.09. The summed E-state index contributed by atoms with van der Waals surface area (Å²) in [6.07, 6.45) is 2.32. The minimum Gasteiger partial charge on any atom is -0.493 e. The quantitative estimate of drug-likeness (QED) is 0.474. The lowest BCUT2D eigenvalue weighted by Gasteiger charge is -2.10. The van der Waals surface area contributed by atoms with Crippen molar-refractivity contribution in [3.8, 4) is 23.0 Å². The summed E-state index contributed by atoms with van der Waals surface area (Å²) in [6.45, 7) is 0. The lowest BCUT2D eigenvalue weighted by molar-refractivity contribution is -0.107. The molecule has 1 heterocycles. The van der Waals surface area contributed by atoms with E-state index in [2.05, 4.69) is 10.2 Å². The van der Waals surface area contributed by atoms with E-state index in [1.165, 1.54) is 27.5 Å². The van der Waals surface area contributed by atoms with Crippen LogP contribution in [0.25, 0.3) is 10.9 Å². The third-order valence-electron chi connectivity index (χ3n) is 4.10. The van der Waals surface area contributed by atoms with Crippen LogP contribution in [0.2, 0.25) is 0 Å². The first kappa shape index (κ1) is 21.5. The lowest BCUT2D eigenvalue weighted by atomic mass is 10.1. The van der Waals surface area contributed by atoms with Crippen LogP contribution in [-0.2, 0) is 11.2 Å². The summed E-state index contributed by atoms with van der Waals surface area (Å²) in [5.41, 5.74) is 7.47. The number of nitrogens with zero attached hydrogens (tertiary/aromatic N) is 1. The number of anilines is 1. The molecule has 154 valence electrons. The van der Waals surface area contributed by atoms with Gasteiger partial charge in [-0.1, -0.05) is 0 Å². The molecule has 0 fully saturated rings. The van der Waals surface area contributed by atoms with Crippen LogP contribution in [0.3, 0.4) is 0 Å². The van der Waals surface area contributed by atoms with E-state index in [0.29, 0.717) is 39.6 Å². The summed E-state index contributed by atoms with van der Waals surface area (Å²) >= 11 is 0. The molecule has 29 heavy (non-hydrogen) atoms. The Morgan fingerprint density at radius 3 is 2.07 bits per heavy atom. The fourth-order valence-corrected chi connectivity index (χ4v) is 2.61. The van der Waals surface area contributed by atoms with E-state index in [1.807, 2.05) is 0 Å². The molecule has 0 aliphatic heterocycles. The van der Waals surface area contributed by atoms with Crippen molar-refractivity contribution in [2.24, 2.45) is 0 Å². The zero-order valence-electron chi connectivity index (χ0n) is 16.6. The van der Waals surface area contributed by atoms with E-state index in [-0.39, 0.29) is 11.8 Å². The Labute approximate surface area is 167 Å². The Kier molecular flexibility index (Phi) is 7.41. The van der Waals surface area contributed by atoms with Gasteiger partial charge >= 0.3 is 0 Å². The van der Waals surface area contributed by atoms with Gasteiger partial charge in [0.05, 0.1) is 45.5 Å². The number of nitrogen functional groups attached to an aromatic ring is 1. The van der Waals surface area contributed by atoms with Crippen LogP contribution in [0.4, 0.5) is 5.69 Å². The molecule has 3 N–H and O–H groups in total. The van der Waals surface area contributed by atoms with Crippen molar-refractivity contribution in [3.63, 3.8) is 0 Å². The van der Waals surface area contributed by atoms with Crippen molar-refractivity contribution in [2.75, 3.05) is 34.2 Å². The highest BCUT2D eigenvalue weighted by molar-refractivity contribution is 5.81. The SMILES string of the molecule is COc1cc(N)c(CC=O)cc1OC.COc1cc2[nH]ncc(=O)c2cc1OC. The van der Waals surface area contributed by atoms with Crippen LogP contribution in [0.1, 0.15) is 5.56 Å². The van der Waals surface area contributed by atoms with E-state index in [9.17, 15) is 9.59 Å². The van der Waals surface area contributed by atoms with Crippen molar-refractivity contribution < 1.29 is 23.7 Å². The first-order chi connectivity index (χ1) is 14.0. The van der Waals surface area contributed by atoms with Gasteiger partial charge in [0.2, 0.25) is 5.43 Å². The molecule has 0 saturated carbocycles. The minimum absolute atomic E-state index is 0.148. The Morgan fingerprint density at radius 2 is 1.48 bits per heavy atom. The number of methoxy groups -OCH3 is 4. The first-order valence-electron chi connectivity index (χ1n) is 8.52. The molecule has 1 aromatic heterocycles. The van der Waals surface area contributed by atoms with Gasteiger partial charge in [0.1, 0.15) is 6.29 Å². The number of ether oxygens (including phenoxy) is 4. The molecule has 0 bridgehead atoms. The second-order valence-corrected chi connectivity index (χ2v) is 5.76. The van der Waals surface area contributed by atoms with Crippen molar-refractivity contribution in [1.82, 2.24) is 10.2 Å². The molecule has 3 rings (SSSR count). The van der Waals surface area contributed by atoms with Gasteiger partial charge in [0, 0.05) is 24.2 Å². The molecule has 0 unspecified atom stereocenters. The molecular formula is C20H23N3O6. The second kappa shape index (κ2) is 9.98. The minimum atomic E-state index is -0.148. The summed E-state index contributed by atoms with van der Waals surface area (Å²) in [4.78, 5) is 21.8. The monoisotopic (exact) mass is 401 g/mol. The highest BCUT2D eigenvalue weighted by Crippen LogP contribution is 2.32. The Morgan fingerprint density at radius 1 is 0.931 bits per heavy atom. The van der Waals surface area contributed by atoms with Gasteiger partial charge in [0.15, 0.2) is 23.0 Å². The normalized spacial score (nSPS) is 9.93. The van der Waals surface area contributed by atoms with Gasteiger partial charge in [-0.2, -0.15) is 5.10 Å². The summed E-state index contributed by atoms with van der Waals surface area (Å²) in [6, 6.07) is 6.68. The topological polar surface area (TPSA) is 126 Å². The standard InChI is InChI=1S/C10H10N2O3.C10H13NO3/c1-14-9-3-6-7(4-10(9)15-2)12-11-5-8(6)13;1-13-9-5-7(3-4-12)8(11)6-10(9)14-2/h3-5H,1-2H3,(H,12,13);4-6H,3,11H2,1-2H3. The van der Waals surface area contributed by atoms with Crippen molar-refractivity contribution in [1.29, 1.82) is 0 Å². The third kappa shape index (κ3) is 4.95. The van der Waals surface area contributed by atoms with Crippen molar-refractivity contribution >= 4 is 22.9 Å². The first-order valence-corrected chi connectivity index (χ1v) is 8.52. The van der Waals surface area contributed by atoms with Gasteiger partial charge < -0.3 is 29.5 Å². The number of aldehydes is 1. The van der Waals surface area contributed by atoms with Gasteiger partial charge in [-0.05, 0) is 17.7 Å². The molecule has 9 heteroatoms. The molecule has 2 aromatic carbocycles. The average molecular weight is 401 g/mol. The number of aromatic nitrogens is 2. The number of benzene rings is 2. The van der Waals surface area contributed by atoms with Crippen LogP contribution in [0.15, 0.2) is 35.3 Å². The fraction of sp³-hybridized carbons (Fsp3) is 0.250. The van der Waals surface area contributed by atoms with Gasteiger partial charge in [-0.3, -0.25) is 9.89 Å². The maximum absolute atomic E-state index is 11.5. The number of rotatable bonds is 6. The van der Waals surface area contributed by atoms with E-state index in [0.717, 1.165) is 11.8 Å². The molecule has 0 amide bonds. The number of fused-ring (bicyclic) bond motifs is 1. The predicted octanol–water partition coefficient (Wildman–Crippen LogP) is 1.97. The largest absolute Gasteiger partial charge is 0.493 e. The zero-order valence-corrected chi connectivity index (χ0v) is 16.6. The van der Waals surface area contributed by atoms with Gasteiger partial charge in [-0.15, -0.1) is 0 Å². The molecule has 0 spiro atoms. The number of nitrogens with two attached hydrogens (primary N) is 1. The molecule has 9 nitrogen and oxygen atoms in total. The van der Waals surface area contributed by atoms with Crippen molar-refractivity contribution in [3.05, 3.63) is 46.2 Å². The number of H-pyrrole nitrogens is 1. The van der Waals surface area contributed by atoms with Crippen LogP contribution in [-0.4, -0.2) is 44.9 Å². The maximum Gasteiger partial charge on any atom is 0.208 e. The van der Waals surface area contributed by atoms with Crippen LogP contribution >= 0.6 is 0 Å². The summed E-state index contributed by atoms with van der Waals surface area (Å²) in [5, 5.41) is 6.97. The number of nitrogens with one attached hydrogen (secondary N) is 1. The summed E-state index contributed by atoms with van der Waals surface area (Å²) in [7, 11) is 6.15. The molecule has 0 atom stereocenters. The van der Waals surface area contributed by atoms with Crippen molar-refractivity contribution in [2.45, 2.75) is 6.42 Å². The van der Waals surface area contributed by atoms with E-state index in [1.54, 1.807) is 31.4 Å². The molecule has 0 radical (unpaired) electrons. The van der Waals surface area contributed by atoms with Crippen LogP contribution in [0, 0.1) is 0 Å². The Balaban J connectivity index is 0.000000208. The Bertz CT molecular complexity index is 1050. The average Bonchev–Trinajstić information content (AvgIpc) is 2.74. The lowest BCUT2D eigenvalue weighted by Crippen LogP contribution is -2.03. The van der Waals surface area contributed by atoms with E-state index >= 15 is 0 Å². The number of aromatic amines is 1. The van der Waals surface area contributed by atoms with E-state index in [4.69, 9.17) is 24.7 Å². The van der Waals surface area contributed by atoms with Crippen LogP contribution in [0.5, 0.6) is 23.0 Å². The number of hydrogen-bond acceptors (Lipinski definition) is 8.